The van der Waals surface area contributed by atoms with E-state index in [1.807, 2.05) is 17.4 Å². The maximum absolute atomic E-state index is 6.69. The van der Waals surface area contributed by atoms with Crippen LogP contribution < -0.4 is 16.2 Å². The lowest BCUT2D eigenvalue weighted by Gasteiger charge is -2.17. The molecule has 0 spiro atoms. The number of hydrogen-bond donors (Lipinski definition) is 2. The Morgan fingerprint density at radius 3 is 2.68 bits per heavy atom. The minimum absolute atomic E-state index is 0.0852. The minimum atomic E-state index is -0.0852. The highest BCUT2D eigenvalue weighted by Crippen LogP contribution is 2.35. The minimum Gasteiger partial charge on any atom is -0.496 e. The molecule has 0 amide bonds. The Morgan fingerprint density at radius 1 is 1.04 bits per heavy atom. The van der Waals surface area contributed by atoms with Gasteiger partial charge in [-0.15, -0.1) is 11.3 Å². The van der Waals surface area contributed by atoms with E-state index in [-0.39, 0.29) is 6.04 Å². The predicted octanol–water partition coefficient (Wildman–Crippen LogP) is 5.57. The number of rotatable bonds is 6. The van der Waals surface area contributed by atoms with Crippen LogP contribution in [0.1, 0.15) is 22.0 Å². The molecule has 0 saturated heterocycles. The van der Waals surface area contributed by atoms with Gasteiger partial charge in [-0.1, -0.05) is 40.2 Å². The number of ether oxygens (including phenoxy) is 1. The topological polar surface area (TPSA) is 61.3 Å². The van der Waals surface area contributed by atoms with Crippen LogP contribution in [0.25, 0.3) is 20.9 Å². The summed E-state index contributed by atoms with van der Waals surface area (Å²) in [5.74, 6) is 0.872. The van der Waals surface area contributed by atoms with Gasteiger partial charge in [0.1, 0.15) is 5.75 Å². The average molecular weight is 455 g/mol. The number of methoxy groups -OCH3 is 1. The van der Waals surface area contributed by atoms with Gasteiger partial charge in [0.25, 0.3) is 0 Å². The first kappa shape index (κ1) is 19.4. The van der Waals surface area contributed by atoms with Gasteiger partial charge < -0.3 is 16.2 Å². The van der Waals surface area contributed by atoms with Gasteiger partial charge in [-0.3, -0.25) is 0 Å². The summed E-state index contributed by atoms with van der Waals surface area (Å²) in [6.45, 7) is 0.633. The zero-order chi connectivity index (χ0) is 19.7. The largest absolute Gasteiger partial charge is 0.496 e. The summed E-state index contributed by atoms with van der Waals surface area (Å²) in [6.07, 6.45) is 1.66. The van der Waals surface area contributed by atoms with Crippen molar-refractivity contribution in [3.05, 3.63) is 75.1 Å². The number of benzene rings is 3. The fraction of sp³-hybridized carbons (Fsp3) is 0.217. The molecular weight excluding hydrogens is 432 g/mol. The van der Waals surface area contributed by atoms with Crippen LogP contribution in [-0.2, 0) is 12.8 Å². The van der Waals surface area contributed by atoms with Crippen molar-refractivity contribution in [1.82, 2.24) is 0 Å². The van der Waals surface area contributed by atoms with E-state index in [2.05, 4.69) is 64.5 Å². The lowest BCUT2D eigenvalue weighted by molar-refractivity contribution is 0.419. The Hall–Kier alpha value is -1.92. The van der Waals surface area contributed by atoms with E-state index in [4.69, 9.17) is 16.2 Å². The molecular formula is C23H23BrN2OS. The van der Waals surface area contributed by atoms with Gasteiger partial charge in [0, 0.05) is 31.9 Å². The molecule has 0 aliphatic carbocycles. The second-order valence-electron chi connectivity index (χ2n) is 6.98. The summed E-state index contributed by atoms with van der Waals surface area (Å²) in [5, 5.41) is 3.50. The van der Waals surface area contributed by atoms with Crippen LogP contribution in [-0.4, -0.2) is 13.7 Å². The van der Waals surface area contributed by atoms with E-state index >= 15 is 0 Å². The van der Waals surface area contributed by atoms with Crippen LogP contribution in [0.3, 0.4) is 0 Å². The number of halogens is 1. The van der Waals surface area contributed by atoms with Gasteiger partial charge >= 0.3 is 0 Å². The Kier molecular flexibility index (Phi) is 5.69. The molecule has 3 nitrogen and oxygen atoms in total. The molecule has 0 aliphatic heterocycles. The maximum atomic E-state index is 6.69. The molecule has 0 radical (unpaired) electrons. The fourth-order valence-corrected chi connectivity index (χ4v) is 5.19. The number of fused-ring (bicyclic) bond motifs is 2. The standard InChI is InChI=1S/C23H23BrN2OS/c1-27-22-6-5-18(20-10-14(8-9-25)2-4-19(20)22)21(26)13-17-12-15-11-16(24)3-7-23(15)28-17/h2-7,10-12,21H,8-9,13,25-26H2,1H3. The Bertz CT molecular complexity index is 1140. The summed E-state index contributed by atoms with van der Waals surface area (Å²) < 4.78 is 7.95. The molecule has 0 saturated carbocycles. The van der Waals surface area contributed by atoms with E-state index in [0.717, 1.165) is 39.4 Å². The SMILES string of the molecule is COc1ccc(C(N)Cc2cc3cc(Br)ccc3s2)c2cc(CCN)ccc12. The van der Waals surface area contributed by atoms with Crippen LogP contribution in [0.5, 0.6) is 5.75 Å². The van der Waals surface area contributed by atoms with Gasteiger partial charge in [-0.05, 0) is 65.2 Å². The molecule has 4 aromatic rings. The normalized spacial score (nSPS) is 12.6. The van der Waals surface area contributed by atoms with Gasteiger partial charge in [0.15, 0.2) is 0 Å². The third-order valence-corrected chi connectivity index (χ3v) is 6.71. The van der Waals surface area contributed by atoms with Crippen LogP contribution in [0, 0.1) is 0 Å². The maximum Gasteiger partial charge on any atom is 0.126 e. The van der Waals surface area contributed by atoms with Crippen LogP contribution in [0.15, 0.2) is 59.1 Å². The molecule has 144 valence electrons. The van der Waals surface area contributed by atoms with Crippen LogP contribution >= 0.6 is 27.3 Å². The highest BCUT2D eigenvalue weighted by Gasteiger charge is 2.15. The predicted molar refractivity (Wildman–Crippen MR) is 123 cm³/mol. The van der Waals surface area contributed by atoms with Crippen molar-refractivity contribution < 1.29 is 4.74 Å². The van der Waals surface area contributed by atoms with Crippen molar-refractivity contribution in [3.63, 3.8) is 0 Å². The second-order valence-corrected chi connectivity index (χ2v) is 9.07. The summed E-state index contributed by atoms with van der Waals surface area (Å²) in [5.41, 5.74) is 14.8. The first-order valence-corrected chi connectivity index (χ1v) is 10.9. The van der Waals surface area contributed by atoms with Gasteiger partial charge in [-0.25, -0.2) is 0 Å². The monoisotopic (exact) mass is 454 g/mol. The Labute approximate surface area is 177 Å². The van der Waals surface area contributed by atoms with Gasteiger partial charge in [-0.2, -0.15) is 0 Å². The average Bonchev–Trinajstić information content (AvgIpc) is 3.08. The van der Waals surface area contributed by atoms with Crippen molar-refractivity contribution in [3.8, 4) is 5.75 Å². The molecule has 4 N–H and O–H groups in total. The molecule has 1 heterocycles. The van der Waals surface area contributed by atoms with Gasteiger partial charge in [0.2, 0.25) is 0 Å². The summed E-state index contributed by atoms with van der Waals surface area (Å²) in [7, 11) is 1.71. The molecule has 0 aliphatic rings. The molecule has 0 fully saturated rings. The first-order valence-electron chi connectivity index (χ1n) is 9.32. The fourth-order valence-electron chi connectivity index (χ4n) is 3.71. The molecule has 28 heavy (non-hydrogen) atoms. The van der Waals surface area contributed by atoms with E-state index in [9.17, 15) is 0 Å². The molecule has 4 rings (SSSR count). The van der Waals surface area contributed by atoms with Crippen molar-refractivity contribution >= 4 is 48.1 Å². The smallest absolute Gasteiger partial charge is 0.126 e. The van der Waals surface area contributed by atoms with Crippen molar-refractivity contribution in [1.29, 1.82) is 0 Å². The summed E-state index contributed by atoms with van der Waals surface area (Å²) in [6, 6.07) is 19.1. The van der Waals surface area contributed by atoms with E-state index in [0.29, 0.717) is 6.54 Å². The molecule has 1 aromatic heterocycles. The van der Waals surface area contributed by atoms with Crippen LogP contribution in [0.4, 0.5) is 0 Å². The zero-order valence-corrected chi connectivity index (χ0v) is 18.1. The first-order chi connectivity index (χ1) is 13.6. The lowest BCUT2D eigenvalue weighted by atomic mass is 9.94. The van der Waals surface area contributed by atoms with E-state index in [1.165, 1.54) is 20.5 Å². The van der Waals surface area contributed by atoms with Crippen molar-refractivity contribution in [2.75, 3.05) is 13.7 Å². The molecule has 3 aromatic carbocycles. The van der Waals surface area contributed by atoms with Crippen molar-refractivity contribution in [2.24, 2.45) is 11.5 Å². The number of hydrogen-bond acceptors (Lipinski definition) is 4. The second kappa shape index (κ2) is 8.21. The summed E-state index contributed by atoms with van der Waals surface area (Å²) >= 11 is 5.36. The summed E-state index contributed by atoms with van der Waals surface area (Å²) in [4.78, 5) is 1.29. The highest BCUT2D eigenvalue weighted by atomic mass is 79.9. The Morgan fingerprint density at radius 2 is 1.89 bits per heavy atom. The third kappa shape index (κ3) is 3.80. The molecule has 1 unspecified atom stereocenters. The highest BCUT2D eigenvalue weighted by molar-refractivity contribution is 9.10. The van der Waals surface area contributed by atoms with Crippen molar-refractivity contribution in [2.45, 2.75) is 18.9 Å². The van der Waals surface area contributed by atoms with E-state index in [1.54, 1.807) is 7.11 Å². The molecule has 1 atom stereocenters. The zero-order valence-electron chi connectivity index (χ0n) is 15.7. The molecule has 5 heteroatoms. The van der Waals surface area contributed by atoms with Gasteiger partial charge in [0.05, 0.1) is 7.11 Å². The molecule has 0 bridgehead atoms. The lowest BCUT2D eigenvalue weighted by Crippen LogP contribution is -2.13. The number of thiophene rings is 1. The number of nitrogens with two attached hydrogens (primary N) is 2. The van der Waals surface area contributed by atoms with E-state index < -0.39 is 0 Å². The Balaban J connectivity index is 1.72. The quantitative estimate of drug-likeness (QED) is 0.400. The van der Waals surface area contributed by atoms with Crippen LogP contribution in [0.2, 0.25) is 0 Å². The third-order valence-electron chi connectivity index (χ3n) is 5.08.